The van der Waals surface area contributed by atoms with Crippen LogP contribution >= 0.6 is 0 Å². The van der Waals surface area contributed by atoms with E-state index in [0.29, 0.717) is 32.6 Å². The molecule has 3 aromatic rings. The van der Waals surface area contributed by atoms with Gasteiger partial charge in [-0.1, -0.05) is 54.6 Å². The van der Waals surface area contributed by atoms with Crippen LogP contribution in [-0.4, -0.2) is 59.5 Å². The fourth-order valence-corrected chi connectivity index (χ4v) is 5.71. The van der Waals surface area contributed by atoms with Gasteiger partial charge < -0.3 is 25.3 Å². The molecule has 1 atom stereocenters. The van der Waals surface area contributed by atoms with E-state index in [0.717, 1.165) is 22.5 Å². The van der Waals surface area contributed by atoms with Crippen molar-refractivity contribution in [2.75, 3.05) is 36.5 Å². The summed E-state index contributed by atoms with van der Waals surface area (Å²) in [5.41, 5.74) is 4.20. The monoisotopic (exact) mass is 539 g/mol. The number of nitrogens with zero attached hydrogens (tertiary/aromatic N) is 3. The zero-order valence-corrected chi connectivity index (χ0v) is 23.4. The number of para-hydroxylation sites is 1. The number of hydrogen-bond acceptors (Lipinski definition) is 4. The van der Waals surface area contributed by atoms with Crippen LogP contribution in [0.3, 0.4) is 0 Å². The van der Waals surface area contributed by atoms with Gasteiger partial charge in [0.05, 0.1) is 12.7 Å². The number of carbonyl (C=O) groups is 3. The molecule has 4 amide bonds. The third-order valence-electron chi connectivity index (χ3n) is 8.23. The molecular formula is C32H37N5O3. The van der Waals surface area contributed by atoms with E-state index < -0.39 is 5.54 Å². The van der Waals surface area contributed by atoms with Crippen LogP contribution in [0, 0.1) is 13.8 Å². The summed E-state index contributed by atoms with van der Waals surface area (Å²) in [4.78, 5) is 45.6. The van der Waals surface area contributed by atoms with Gasteiger partial charge in [-0.15, -0.1) is 0 Å². The van der Waals surface area contributed by atoms with Crippen LogP contribution in [0.4, 0.5) is 16.2 Å². The van der Waals surface area contributed by atoms with E-state index >= 15 is 0 Å². The Labute approximate surface area is 236 Å². The number of benzene rings is 3. The standard InChI is InChI=1S/C32H37N5O3/c1-23-14-15-27(20-24(23)2)34-31(40)35-18-16-32(17-19-35)30(39)36(22-37(32)28-12-8-5-9-13-28)21-29(38)33-25(3)26-10-6-4-7-11-26/h4-15,20,25H,16-19,21-22H2,1-3H3,(H,33,38)(H,34,40). The molecule has 2 fully saturated rings. The highest BCUT2D eigenvalue weighted by atomic mass is 16.2. The van der Waals surface area contributed by atoms with Crippen LogP contribution in [0.1, 0.15) is 42.5 Å². The number of anilines is 2. The normalized spacial score (nSPS) is 17.2. The van der Waals surface area contributed by atoms with Crippen LogP contribution in [0.2, 0.25) is 0 Å². The molecule has 0 aliphatic carbocycles. The number of nitrogens with one attached hydrogen (secondary N) is 2. The third kappa shape index (κ3) is 5.52. The van der Waals surface area contributed by atoms with Crippen LogP contribution in [-0.2, 0) is 9.59 Å². The predicted octanol–water partition coefficient (Wildman–Crippen LogP) is 4.85. The Morgan fingerprint density at radius 1 is 0.900 bits per heavy atom. The second kappa shape index (κ2) is 11.4. The first kappa shape index (κ1) is 27.2. The number of urea groups is 1. The van der Waals surface area contributed by atoms with Gasteiger partial charge in [-0.3, -0.25) is 9.59 Å². The summed E-state index contributed by atoms with van der Waals surface area (Å²) in [6.45, 7) is 7.19. The molecular weight excluding hydrogens is 502 g/mol. The summed E-state index contributed by atoms with van der Waals surface area (Å²) in [7, 11) is 0. The smallest absolute Gasteiger partial charge is 0.321 e. The van der Waals surface area contributed by atoms with Crippen molar-refractivity contribution in [2.45, 2.75) is 45.2 Å². The molecule has 208 valence electrons. The average Bonchev–Trinajstić information content (AvgIpc) is 3.22. The summed E-state index contributed by atoms with van der Waals surface area (Å²) in [5, 5.41) is 6.03. The SMILES string of the molecule is Cc1ccc(NC(=O)N2CCC3(CC2)C(=O)N(CC(=O)NC(C)c2ccccc2)CN3c2ccccc2)cc1C. The van der Waals surface area contributed by atoms with Crippen molar-refractivity contribution in [3.8, 4) is 0 Å². The van der Waals surface area contributed by atoms with Gasteiger partial charge in [0, 0.05) is 24.5 Å². The highest BCUT2D eigenvalue weighted by Gasteiger charge is 2.54. The maximum Gasteiger partial charge on any atom is 0.321 e. The van der Waals surface area contributed by atoms with Crippen LogP contribution in [0.15, 0.2) is 78.9 Å². The van der Waals surface area contributed by atoms with Gasteiger partial charge in [0.25, 0.3) is 5.91 Å². The lowest BCUT2D eigenvalue weighted by atomic mass is 9.85. The molecule has 2 aliphatic rings. The van der Waals surface area contributed by atoms with E-state index in [4.69, 9.17) is 0 Å². The molecule has 40 heavy (non-hydrogen) atoms. The van der Waals surface area contributed by atoms with E-state index in [1.54, 1.807) is 9.80 Å². The van der Waals surface area contributed by atoms with Crippen molar-refractivity contribution in [3.05, 3.63) is 95.6 Å². The van der Waals surface area contributed by atoms with E-state index in [1.807, 2.05) is 99.6 Å². The van der Waals surface area contributed by atoms with Gasteiger partial charge in [-0.25, -0.2) is 4.79 Å². The maximum absolute atomic E-state index is 14.0. The van der Waals surface area contributed by atoms with Gasteiger partial charge in [0.1, 0.15) is 12.1 Å². The van der Waals surface area contributed by atoms with Gasteiger partial charge >= 0.3 is 6.03 Å². The van der Waals surface area contributed by atoms with E-state index in [1.165, 1.54) is 5.56 Å². The molecule has 0 bridgehead atoms. The summed E-state index contributed by atoms with van der Waals surface area (Å²) in [5.74, 6) is -0.256. The van der Waals surface area contributed by atoms with Crippen molar-refractivity contribution >= 4 is 29.2 Å². The Morgan fingerprint density at radius 3 is 2.20 bits per heavy atom. The molecule has 0 aromatic heterocycles. The van der Waals surface area contributed by atoms with Crippen LogP contribution in [0.25, 0.3) is 0 Å². The lowest BCUT2D eigenvalue weighted by Gasteiger charge is -2.43. The first-order chi connectivity index (χ1) is 19.3. The van der Waals surface area contributed by atoms with Crippen molar-refractivity contribution < 1.29 is 14.4 Å². The number of aryl methyl sites for hydroxylation is 2. The summed E-state index contributed by atoms with van der Waals surface area (Å²) in [6.07, 6.45) is 0.971. The molecule has 0 radical (unpaired) electrons. The van der Waals surface area contributed by atoms with Gasteiger partial charge in [0.15, 0.2) is 0 Å². The van der Waals surface area contributed by atoms with Crippen molar-refractivity contribution in [1.29, 1.82) is 0 Å². The summed E-state index contributed by atoms with van der Waals surface area (Å²) >= 11 is 0. The minimum absolute atomic E-state index is 0.0158. The minimum atomic E-state index is -0.802. The molecule has 1 spiro atoms. The third-order valence-corrected chi connectivity index (χ3v) is 8.23. The quantitative estimate of drug-likeness (QED) is 0.469. The molecule has 8 nitrogen and oxygen atoms in total. The van der Waals surface area contributed by atoms with Gasteiger partial charge in [-0.05, 0) is 74.6 Å². The van der Waals surface area contributed by atoms with Gasteiger partial charge in [0.2, 0.25) is 5.91 Å². The largest absolute Gasteiger partial charge is 0.348 e. The highest BCUT2D eigenvalue weighted by molar-refractivity contribution is 5.97. The molecule has 3 aromatic carbocycles. The maximum atomic E-state index is 14.0. The first-order valence-electron chi connectivity index (χ1n) is 13.9. The Morgan fingerprint density at radius 2 is 1.55 bits per heavy atom. The fraction of sp³-hybridized carbons (Fsp3) is 0.344. The Kier molecular flexibility index (Phi) is 7.78. The average molecular weight is 540 g/mol. The number of piperidine rings is 1. The molecule has 8 heteroatoms. The van der Waals surface area contributed by atoms with E-state index in [9.17, 15) is 14.4 Å². The Bertz CT molecular complexity index is 1370. The van der Waals surface area contributed by atoms with E-state index in [2.05, 4.69) is 15.5 Å². The van der Waals surface area contributed by atoms with E-state index in [-0.39, 0.29) is 30.4 Å². The van der Waals surface area contributed by atoms with Crippen molar-refractivity contribution in [1.82, 2.24) is 15.1 Å². The molecule has 5 rings (SSSR count). The lowest BCUT2D eigenvalue weighted by Crippen LogP contribution is -2.58. The molecule has 2 aliphatic heterocycles. The minimum Gasteiger partial charge on any atom is -0.348 e. The molecule has 0 saturated carbocycles. The lowest BCUT2D eigenvalue weighted by molar-refractivity contribution is -0.137. The molecule has 2 heterocycles. The number of amides is 4. The predicted molar refractivity (Wildman–Crippen MR) is 157 cm³/mol. The zero-order valence-electron chi connectivity index (χ0n) is 23.4. The number of carbonyl (C=O) groups excluding carboxylic acids is 3. The topological polar surface area (TPSA) is 85.0 Å². The fourth-order valence-electron chi connectivity index (χ4n) is 5.71. The number of rotatable bonds is 6. The zero-order chi connectivity index (χ0) is 28.3. The van der Waals surface area contributed by atoms with Gasteiger partial charge in [-0.2, -0.15) is 0 Å². The van der Waals surface area contributed by atoms with Crippen LogP contribution in [0.5, 0.6) is 0 Å². The van der Waals surface area contributed by atoms with Crippen LogP contribution < -0.4 is 15.5 Å². The first-order valence-corrected chi connectivity index (χ1v) is 13.9. The summed E-state index contributed by atoms with van der Waals surface area (Å²) in [6, 6.07) is 25.2. The molecule has 2 saturated heterocycles. The Balaban J connectivity index is 1.28. The second-order valence-electron chi connectivity index (χ2n) is 10.9. The van der Waals surface area contributed by atoms with Crippen molar-refractivity contribution in [3.63, 3.8) is 0 Å². The second-order valence-corrected chi connectivity index (χ2v) is 10.9. The Hall–Kier alpha value is -4.33. The summed E-state index contributed by atoms with van der Waals surface area (Å²) < 4.78 is 0. The molecule has 1 unspecified atom stereocenters. The number of hydrogen-bond donors (Lipinski definition) is 2. The van der Waals surface area contributed by atoms with Crippen molar-refractivity contribution in [2.24, 2.45) is 0 Å². The molecule has 2 N–H and O–H groups in total. The number of likely N-dealkylation sites (tertiary alicyclic amines) is 1. The highest BCUT2D eigenvalue weighted by Crippen LogP contribution is 2.39.